The molecule has 1 aromatic heterocycles. The molecule has 170 valence electrons. The number of nitrogens with one attached hydrogen (secondary N) is 2. The molecule has 7 heteroatoms. The summed E-state index contributed by atoms with van der Waals surface area (Å²) in [5.74, 6) is -1.48. The number of carbonyl (C=O) groups excluding carboxylic acids is 3. The van der Waals surface area contributed by atoms with Crippen molar-refractivity contribution in [2.45, 2.75) is 13.8 Å². The van der Waals surface area contributed by atoms with Gasteiger partial charge in [0.25, 0.3) is 5.91 Å². The molecule has 0 fully saturated rings. The number of ether oxygens (including phenoxy) is 1. The second-order valence-electron chi connectivity index (χ2n) is 7.93. The highest BCUT2D eigenvalue weighted by molar-refractivity contribution is 6.12. The summed E-state index contributed by atoms with van der Waals surface area (Å²) in [6.07, 6.45) is 0. The van der Waals surface area contributed by atoms with Crippen molar-refractivity contribution in [1.29, 1.82) is 0 Å². The Hall–Kier alpha value is -4.52. The first-order chi connectivity index (χ1) is 16.3. The number of aromatic amines is 1. The van der Waals surface area contributed by atoms with Gasteiger partial charge in [0.1, 0.15) is 0 Å². The molecule has 0 bridgehead atoms. The van der Waals surface area contributed by atoms with Gasteiger partial charge in [0, 0.05) is 28.2 Å². The number of rotatable bonds is 6. The van der Waals surface area contributed by atoms with Crippen molar-refractivity contribution in [1.82, 2.24) is 4.98 Å². The van der Waals surface area contributed by atoms with E-state index in [4.69, 9.17) is 4.74 Å². The average molecular weight is 454 g/mol. The first-order valence-electron chi connectivity index (χ1n) is 10.6. The largest absolute Gasteiger partial charge is 0.454 e. The number of anilines is 1. The van der Waals surface area contributed by atoms with Crippen LogP contribution in [0.3, 0.4) is 0 Å². The summed E-state index contributed by atoms with van der Waals surface area (Å²) in [5, 5.41) is 3.31. The van der Waals surface area contributed by atoms with Gasteiger partial charge in [0.05, 0.1) is 11.1 Å². The molecule has 0 radical (unpaired) electrons. The van der Waals surface area contributed by atoms with Crippen LogP contribution in [0.25, 0.3) is 10.9 Å². The van der Waals surface area contributed by atoms with Crippen molar-refractivity contribution >= 4 is 34.3 Å². The maximum atomic E-state index is 12.9. The van der Waals surface area contributed by atoms with Crippen LogP contribution < -0.4 is 10.9 Å². The zero-order valence-corrected chi connectivity index (χ0v) is 18.7. The highest BCUT2D eigenvalue weighted by Crippen LogP contribution is 2.18. The van der Waals surface area contributed by atoms with Crippen LogP contribution in [0.15, 0.2) is 77.6 Å². The van der Waals surface area contributed by atoms with Gasteiger partial charge in [-0.25, -0.2) is 4.79 Å². The quantitative estimate of drug-likeness (QED) is 0.331. The number of carbonyl (C=O) groups is 3. The molecule has 0 spiro atoms. The van der Waals surface area contributed by atoms with Crippen LogP contribution in [-0.4, -0.2) is 29.3 Å². The lowest BCUT2D eigenvalue weighted by atomic mass is 10.0. The fourth-order valence-electron chi connectivity index (χ4n) is 3.53. The number of pyridine rings is 1. The van der Waals surface area contributed by atoms with E-state index >= 15 is 0 Å². The Kier molecular flexibility index (Phi) is 6.36. The topological polar surface area (TPSA) is 105 Å². The summed E-state index contributed by atoms with van der Waals surface area (Å²) in [5.41, 5.74) is 3.42. The molecule has 0 unspecified atom stereocenters. The lowest BCUT2D eigenvalue weighted by Crippen LogP contribution is -2.17. The van der Waals surface area contributed by atoms with E-state index in [2.05, 4.69) is 10.3 Å². The van der Waals surface area contributed by atoms with E-state index < -0.39 is 24.0 Å². The van der Waals surface area contributed by atoms with Gasteiger partial charge in [-0.2, -0.15) is 0 Å². The number of benzene rings is 3. The van der Waals surface area contributed by atoms with Gasteiger partial charge < -0.3 is 15.0 Å². The smallest absolute Gasteiger partial charge is 0.338 e. The fourth-order valence-corrected chi connectivity index (χ4v) is 3.53. The molecule has 0 aliphatic heterocycles. The van der Waals surface area contributed by atoms with Crippen molar-refractivity contribution in [3.63, 3.8) is 0 Å². The number of H-pyrrole nitrogens is 1. The molecule has 0 aliphatic carbocycles. The monoisotopic (exact) mass is 454 g/mol. The highest BCUT2D eigenvalue weighted by Gasteiger charge is 2.15. The number of para-hydroxylation sites is 1. The third-order valence-corrected chi connectivity index (χ3v) is 5.51. The summed E-state index contributed by atoms with van der Waals surface area (Å²) in [6.45, 7) is 3.47. The maximum Gasteiger partial charge on any atom is 0.338 e. The summed E-state index contributed by atoms with van der Waals surface area (Å²) in [4.78, 5) is 52.4. The van der Waals surface area contributed by atoms with E-state index in [1.165, 1.54) is 18.2 Å². The standard InChI is InChI=1S/C27H22N2O5/c1-16-10-11-18(12-17(16)2)24(30)15-34-27(33)19-6-5-7-20(13-19)28-26(32)22-14-25(31)29-23-9-4-3-8-21(22)23/h3-14H,15H2,1-2H3,(H,28,32)(H,29,31). The number of amides is 1. The first kappa shape index (κ1) is 22.7. The molecular formula is C27H22N2O5. The van der Waals surface area contributed by atoms with E-state index in [1.54, 1.807) is 48.5 Å². The number of esters is 1. The lowest BCUT2D eigenvalue weighted by molar-refractivity contribution is 0.0474. The Bertz CT molecular complexity index is 1490. The number of fused-ring (bicyclic) bond motifs is 1. The molecule has 1 heterocycles. The number of Topliss-reactive ketones (excluding diaryl/α,β-unsaturated/α-hetero) is 1. The molecule has 0 atom stereocenters. The van der Waals surface area contributed by atoms with Crippen LogP contribution in [0, 0.1) is 13.8 Å². The van der Waals surface area contributed by atoms with Crippen molar-refractivity contribution < 1.29 is 19.1 Å². The molecule has 0 saturated heterocycles. The fraction of sp³-hybridized carbons (Fsp3) is 0.111. The summed E-state index contributed by atoms with van der Waals surface area (Å²) in [6, 6.07) is 19.7. The molecule has 0 aliphatic rings. The molecule has 4 rings (SSSR count). The summed E-state index contributed by atoms with van der Waals surface area (Å²) >= 11 is 0. The first-order valence-corrected chi connectivity index (χ1v) is 10.6. The van der Waals surface area contributed by atoms with Gasteiger partial charge in [-0.1, -0.05) is 36.4 Å². The normalized spacial score (nSPS) is 10.6. The van der Waals surface area contributed by atoms with Gasteiger partial charge in [0.2, 0.25) is 5.56 Å². The Labute approximate surface area is 195 Å². The van der Waals surface area contributed by atoms with Crippen LogP contribution in [0.2, 0.25) is 0 Å². The van der Waals surface area contributed by atoms with Crippen LogP contribution >= 0.6 is 0 Å². The minimum Gasteiger partial charge on any atom is -0.454 e. The van der Waals surface area contributed by atoms with Crippen molar-refractivity contribution in [3.8, 4) is 0 Å². The number of aromatic nitrogens is 1. The van der Waals surface area contributed by atoms with E-state index in [-0.39, 0.29) is 16.9 Å². The molecule has 2 N–H and O–H groups in total. The maximum absolute atomic E-state index is 12.9. The van der Waals surface area contributed by atoms with E-state index in [0.717, 1.165) is 11.1 Å². The van der Waals surface area contributed by atoms with Crippen LogP contribution in [0.5, 0.6) is 0 Å². The Morgan fingerprint density at radius 3 is 2.44 bits per heavy atom. The number of hydrogen-bond acceptors (Lipinski definition) is 5. The van der Waals surface area contributed by atoms with E-state index in [0.29, 0.717) is 22.2 Å². The van der Waals surface area contributed by atoms with Crippen LogP contribution in [0.1, 0.15) is 42.2 Å². The van der Waals surface area contributed by atoms with E-state index in [1.807, 2.05) is 19.9 Å². The summed E-state index contributed by atoms with van der Waals surface area (Å²) in [7, 11) is 0. The number of aryl methyl sites for hydroxylation is 2. The van der Waals surface area contributed by atoms with Gasteiger partial charge in [-0.3, -0.25) is 14.4 Å². The highest BCUT2D eigenvalue weighted by atomic mass is 16.5. The zero-order valence-electron chi connectivity index (χ0n) is 18.7. The molecule has 4 aromatic rings. The SMILES string of the molecule is Cc1ccc(C(=O)COC(=O)c2cccc(NC(=O)c3cc(=O)[nH]c4ccccc34)c2)cc1C. The number of hydrogen-bond donors (Lipinski definition) is 2. The summed E-state index contributed by atoms with van der Waals surface area (Å²) < 4.78 is 5.19. The predicted molar refractivity (Wildman–Crippen MR) is 129 cm³/mol. The molecule has 34 heavy (non-hydrogen) atoms. The van der Waals surface area contributed by atoms with Gasteiger partial charge in [-0.05, 0) is 55.3 Å². The molecule has 3 aromatic carbocycles. The third kappa shape index (κ3) is 4.94. The molecule has 0 saturated carbocycles. The van der Waals surface area contributed by atoms with Crippen LogP contribution in [0.4, 0.5) is 5.69 Å². The Morgan fingerprint density at radius 2 is 1.65 bits per heavy atom. The second-order valence-corrected chi connectivity index (χ2v) is 7.93. The minimum absolute atomic E-state index is 0.182. The predicted octanol–water partition coefficient (Wildman–Crippen LogP) is 4.44. The minimum atomic E-state index is -0.685. The molecule has 1 amide bonds. The van der Waals surface area contributed by atoms with Crippen molar-refractivity contribution in [3.05, 3.63) is 111 Å². The van der Waals surface area contributed by atoms with Crippen molar-refractivity contribution in [2.24, 2.45) is 0 Å². The Balaban J connectivity index is 1.46. The van der Waals surface area contributed by atoms with Gasteiger partial charge in [0.15, 0.2) is 12.4 Å². The van der Waals surface area contributed by atoms with E-state index in [9.17, 15) is 19.2 Å². The molecule has 7 nitrogen and oxygen atoms in total. The zero-order chi connectivity index (χ0) is 24.2. The van der Waals surface area contributed by atoms with Crippen LogP contribution in [-0.2, 0) is 4.74 Å². The van der Waals surface area contributed by atoms with Crippen molar-refractivity contribution in [2.75, 3.05) is 11.9 Å². The lowest BCUT2D eigenvalue weighted by Gasteiger charge is -2.10. The second kappa shape index (κ2) is 9.54. The average Bonchev–Trinajstić information content (AvgIpc) is 2.83. The third-order valence-electron chi connectivity index (χ3n) is 5.51. The molecular weight excluding hydrogens is 432 g/mol. The van der Waals surface area contributed by atoms with Gasteiger partial charge in [-0.15, -0.1) is 0 Å². The van der Waals surface area contributed by atoms with Gasteiger partial charge >= 0.3 is 5.97 Å². The Morgan fingerprint density at radius 1 is 0.853 bits per heavy atom. The number of ketones is 1.